The van der Waals surface area contributed by atoms with Crippen LogP contribution in [0.15, 0.2) is 0 Å². The number of alkyl halides is 3. The zero-order valence-electron chi connectivity index (χ0n) is 7.68. The summed E-state index contributed by atoms with van der Waals surface area (Å²) >= 11 is 0. The van der Waals surface area contributed by atoms with E-state index in [0.717, 1.165) is 0 Å². The quantitative estimate of drug-likeness (QED) is 0.760. The fraction of sp³-hybridized carbons (Fsp3) is 0.889. The lowest BCUT2D eigenvalue weighted by molar-refractivity contribution is -0.186. The van der Waals surface area contributed by atoms with Crippen LogP contribution in [0.1, 0.15) is 32.1 Å². The normalized spacial score (nSPS) is 28.8. The Kier molecular flexibility index (Phi) is 3.39. The van der Waals surface area contributed by atoms with Crippen LogP contribution < -0.4 is 0 Å². The largest absolute Gasteiger partial charge is 0.481 e. The van der Waals surface area contributed by atoms with Crippen LogP contribution in [0, 0.1) is 11.8 Å². The Balaban J connectivity index is 2.48. The van der Waals surface area contributed by atoms with E-state index < -0.39 is 18.1 Å². The van der Waals surface area contributed by atoms with E-state index in [0.29, 0.717) is 12.8 Å². The number of carboxylic acid groups (broad SMARTS) is 1. The van der Waals surface area contributed by atoms with Gasteiger partial charge < -0.3 is 5.11 Å². The van der Waals surface area contributed by atoms with Gasteiger partial charge in [-0.05, 0) is 25.2 Å². The highest BCUT2D eigenvalue weighted by Crippen LogP contribution is 2.40. The summed E-state index contributed by atoms with van der Waals surface area (Å²) in [5, 5.41) is 8.47. The first-order valence-corrected chi connectivity index (χ1v) is 4.68. The van der Waals surface area contributed by atoms with Crippen molar-refractivity contribution < 1.29 is 23.1 Å². The second-order valence-electron chi connectivity index (χ2n) is 3.87. The Bertz CT molecular complexity index is 213. The van der Waals surface area contributed by atoms with E-state index in [2.05, 4.69) is 0 Å². The number of halogens is 3. The average molecular weight is 210 g/mol. The molecule has 82 valence electrons. The summed E-state index contributed by atoms with van der Waals surface area (Å²) in [6.45, 7) is 0. The second kappa shape index (κ2) is 4.19. The molecule has 1 aliphatic carbocycles. The molecule has 0 aromatic rings. The molecule has 14 heavy (non-hydrogen) atoms. The van der Waals surface area contributed by atoms with E-state index in [1.54, 1.807) is 0 Å². The Morgan fingerprint density at radius 2 is 2.00 bits per heavy atom. The van der Waals surface area contributed by atoms with Gasteiger partial charge in [-0.15, -0.1) is 0 Å². The van der Waals surface area contributed by atoms with Crippen LogP contribution in [0.2, 0.25) is 0 Å². The van der Waals surface area contributed by atoms with Gasteiger partial charge in [0.25, 0.3) is 0 Å². The lowest BCUT2D eigenvalue weighted by atomic mass is 9.79. The van der Waals surface area contributed by atoms with Crippen LogP contribution in [0.25, 0.3) is 0 Å². The third-order valence-electron chi connectivity index (χ3n) is 2.71. The molecule has 0 aromatic heterocycles. The first-order valence-electron chi connectivity index (χ1n) is 4.68. The van der Waals surface area contributed by atoms with Gasteiger partial charge in [-0.25, -0.2) is 0 Å². The molecule has 1 aliphatic rings. The molecule has 0 spiro atoms. The third-order valence-corrected chi connectivity index (χ3v) is 2.71. The molecule has 1 saturated carbocycles. The fourth-order valence-electron chi connectivity index (χ4n) is 2.02. The fourth-order valence-corrected chi connectivity index (χ4v) is 2.02. The minimum absolute atomic E-state index is 0.0181. The van der Waals surface area contributed by atoms with E-state index in [-0.39, 0.29) is 25.2 Å². The molecule has 1 N–H and O–H groups in total. The van der Waals surface area contributed by atoms with Gasteiger partial charge in [0.05, 0.1) is 5.92 Å². The van der Waals surface area contributed by atoms with Gasteiger partial charge in [-0.2, -0.15) is 13.2 Å². The average Bonchev–Trinajstić information content (AvgIpc) is 2.01. The molecular weight excluding hydrogens is 197 g/mol. The highest BCUT2D eigenvalue weighted by Gasteiger charge is 2.42. The van der Waals surface area contributed by atoms with Crippen molar-refractivity contribution in [3.8, 4) is 0 Å². The van der Waals surface area contributed by atoms with E-state index in [9.17, 15) is 18.0 Å². The number of hydrogen-bond acceptors (Lipinski definition) is 1. The van der Waals surface area contributed by atoms with Crippen LogP contribution >= 0.6 is 0 Å². The van der Waals surface area contributed by atoms with E-state index in [1.807, 2.05) is 0 Å². The van der Waals surface area contributed by atoms with Crippen LogP contribution in [-0.4, -0.2) is 17.3 Å². The number of carbonyl (C=O) groups is 1. The SMILES string of the molecule is O=C(O)C[C@H]1CCC[C@@H](C(F)(F)F)C1. The van der Waals surface area contributed by atoms with Gasteiger partial charge in [0.1, 0.15) is 0 Å². The van der Waals surface area contributed by atoms with Gasteiger partial charge in [-0.3, -0.25) is 4.79 Å². The first-order chi connectivity index (χ1) is 6.39. The summed E-state index contributed by atoms with van der Waals surface area (Å²) in [6, 6.07) is 0. The minimum Gasteiger partial charge on any atom is -0.481 e. The zero-order valence-corrected chi connectivity index (χ0v) is 7.68. The molecule has 1 fully saturated rings. The van der Waals surface area contributed by atoms with E-state index in [4.69, 9.17) is 5.11 Å². The molecule has 0 heterocycles. The monoisotopic (exact) mass is 210 g/mol. The zero-order chi connectivity index (χ0) is 10.8. The Morgan fingerprint density at radius 3 is 2.50 bits per heavy atom. The maximum Gasteiger partial charge on any atom is 0.391 e. The van der Waals surface area contributed by atoms with Crippen molar-refractivity contribution in [1.82, 2.24) is 0 Å². The molecule has 0 unspecified atom stereocenters. The van der Waals surface area contributed by atoms with Crippen molar-refractivity contribution in [3.05, 3.63) is 0 Å². The van der Waals surface area contributed by atoms with E-state index >= 15 is 0 Å². The molecule has 5 heteroatoms. The molecule has 0 saturated heterocycles. The standard InChI is InChI=1S/C9H13F3O2/c10-9(11,12)7-3-1-2-6(4-7)5-8(13)14/h6-7H,1-5H2,(H,13,14)/t6-,7+/m0/s1. The van der Waals surface area contributed by atoms with Gasteiger partial charge in [0, 0.05) is 6.42 Å². The molecule has 0 aromatic carbocycles. The number of hydrogen-bond donors (Lipinski definition) is 1. The smallest absolute Gasteiger partial charge is 0.391 e. The molecule has 0 amide bonds. The summed E-state index contributed by atoms with van der Waals surface area (Å²) in [6.07, 6.45) is -3.06. The number of rotatable bonds is 2. The molecule has 2 nitrogen and oxygen atoms in total. The highest BCUT2D eigenvalue weighted by molar-refractivity contribution is 5.67. The Labute approximate surface area is 80.1 Å². The molecule has 0 bridgehead atoms. The van der Waals surface area contributed by atoms with Crippen molar-refractivity contribution in [2.45, 2.75) is 38.3 Å². The minimum atomic E-state index is -4.16. The summed E-state index contributed by atoms with van der Waals surface area (Å²) in [7, 11) is 0. The molecule has 1 rings (SSSR count). The number of carboxylic acids is 1. The summed E-state index contributed by atoms with van der Waals surface area (Å²) in [5.41, 5.74) is 0. The predicted octanol–water partition coefficient (Wildman–Crippen LogP) is 2.83. The maximum atomic E-state index is 12.3. The van der Waals surface area contributed by atoms with Crippen molar-refractivity contribution in [2.75, 3.05) is 0 Å². The van der Waals surface area contributed by atoms with Crippen molar-refractivity contribution in [1.29, 1.82) is 0 Å². The molecule has 2 atom stereocenters. The maximum absolute atomic E-state index is 12.3. The van der Waals surface area contributed by atoms with Crippen LogP contribution in [0.4, 0.5) is 13.2 Å². The van der Waals surface area contributed by atoms with E-state index in [1.165, 1.54) is 0 Å². The van der Waals surface area contributed by atoms with Crippen molar-refractivity contribution in [3.63, 3.8) is 0 Å². The lowest BCUT2D eigenvalue weighted by Crippen LogP contribution is -2.29. The van der Waals surface area contributed by atoms with Crippen molar-refractivity contribution in [2.24, 2.45) is 11.8 Å². The Hall–Kier alpha value is -0.740. The van der Waals surface area contributed by atoms with Crippen molar-refractivity contribution >= 4 is 5.97 Å². The van der Waals surface area contributed by atoms with Gasteiger partial charge in [-0.1, -0.05) is 6.42 Å². The van der Waals surface area contributed by atoms with Crippen LogP contribution in [0.3, 0.4) is 0 Å². The topological polar surface area (TPSA) is 37.3 Å². The summed E-state index contributed by atoms with van der Waals surface area (Å²) in [4.78, 5) is 10.3. The molecule has 0 radical (unpaired) electrons. The lowest BCUT2D eigenvalue weighted by Gasteiger charge is -2.29. The van der Waals surface area contributed by atoms with Gasteiger partial charge in [0.15, 0.2) is 0 Å². The summed E-state index contributed by atoms with van der Waals surface area (Å²) < 4.78 is 36.9. The predicted molar refractivity (Wildman–Crippen MR) is 43.8 cm³/mol. The molecular formula is C9H13F3O2. The van der Waals surface area contributed by atoms with Gasteiger partial charge in [0.2, 0.25) is 0 Å². The number of aliphatic carboxylic acids is 1. The van der Waals surface area contributed by atoms with Crippen LogP contribution in [0.5, 0.6) is 0 Å². The second-order valence-corrected chi connectivity index (χ2v) is 3.87. The first kappa shape index (κ1) is 11.3. The van der Waals surface area contributed by atoms with Gasteiger partial charge >= 0.3 is 12.1 Å². The summed E-state index contributed by atoms with van der Waals surface area (Å²) in [5.74, 6) is -2.59. The van der Waals surface area contributed by atoms with Crippen LogP contribution in [-0.2, 0) is 4.79 Å². The molecule has 0 aliphatic heterocycles. The third kappa shape index (κ3) is 3.20. The Morgan fingerprint density at radius 1 is 1.36 bits per heavy atom. The highest BCUT2D eigenvalue weighted by atomic mass is 19.4.